The van der Waals surface area contributed by atoms with Crippen LogP contribution in [0, 0.1) is 0 Å². The van der Waals surface area contributed by atoms with Crippen LogP contribution in [-0.4, -0.2) is 54.8 Å². The molecular formula is C15H30O5Si. The highest BCUT2D eigenvalue weighted by molar-refractivity contribution is 6.74. The van der Waals surface area contributed by atoms with Crippen LogP contribution < -0.4 is 0 Å². The van der Waals surface area contributed by atoms with Crippen molar-refractivity contribution < 1.29 is 24.1 Å². The summed E-state index contributed by atoms with van der Waals surface area (Å²) < 4.78 is 18.1. The first-order valence-corrected chi connectivity index (χ1v) is 10.6. The Kier molecular flexibility index (Phi) is 4.37. The molecule has 0 radical (unpaired) electrons. The Hall–Kier alpha value is 0.0169. The number of hydrogen-bond donors (Lipinski definition) is 2. The topological polar surface area (TPSA) is 68.2 Å². The van der Waals surface area contributed by atoms with Gasteiger partial charge < -0.3 is 24.1 Å². The highest BCUT2D eigenvalue weighted by atomic mass is 28.4. The first kappa shape index (κ1) is 17.4. The van der Waals surface area contributed by atoms with E-state index in [1.165, 1.54) is 0 Å². The summed E-state index contributed by atoms with van der Waals surface area (Å²) in [7, 11) is -2.08. The van der Waals surface area contributed by atoms with E-state index in [-0.39, 0.29) is 17.2 Å². The van der Waals surface area contributed by atoms with Crippen molar-refractivity contribution in [2.45, 2.75) is 95.5 Å². The Morgan fingerprint density at radius 1 is 1.14 bits per heavy atom. The molecule has 0 aromatic heterocycles. The predicted molar refractivity (Wildman–Crippen MR) is 82.5 cm³/mol. The molecule has 0 aromatic rings. The zero-order chi connectivity index (χ0) is 16.2. The zero-order valence-corrected chi connectivity index (χ0v) is 15.2. The number of aliphatic hydroxyl groups excluding tert-OH is 2. The van der Waals surface area contributed by atoms with Gasteiger partial charge in [-0.05, 0) is 32.0 Å². The maximum Gasteiger partial charge on any atom is 0.192 e. The fourth-order valence-electron chi connectivity index (χ4n) is 2.77. The number of ether oxygens (including phenoxy) is 2. The van der Waals surface area contributed by atoms with E-state index in [1.54, 1.807) is 0 Å². The molecule has 124 valence electrons. The minimum absolute atomic E-state index is 0.0274. The fourth-order valence-corrected chi connectivity index (χ4v) is 4.08. The fraction of sp³-hybridized carbons (Fsp3) is 1.00. The molecule has 21 heavy (non-hydrogen) atoms. The van der Waals surface area contributed by atoms with Crippen molar-refractivity contribution in [3.63, 3.8) is 0 Å². The van der Waals surface area contributed by atoms with Crippen LogP contribution in [-0.2, 0) is 13.9 Å². The number of aliphatic hydroxyl groups is 2. The van der Waals surface area contributed by atoms with Crippen LogP contribution in [0.1, 0.15) is 41.0 Å². The molecule has 1 saturated heterocycles. The summed E-state index contributed by atoms with van der Waals surface area (Å²) in [5.41, 5.74) is 0. The number of rotatable bonds is 2. The van der Waals surface area contributed by atoms with Gasteiger partial charge >= 0.3 is 0 Å². The molecule has 2 fully saturated rings. The van der Waals surface area contributed by atoms with Crippen molar-refractivity contribution in [3.05, 3.63) is 0 Å². The first-order valence-electron chi connectivity index (χ1n) is 7.74. The standard InChI is InChI=1S/C15H30O5Si/c1-14(2,3)21(6,7)20-13-11(17)9(16)8-10-12(13)19-15(4,5)18-10/h9-13,16-17H,8H2,1-7H3/t9-,10-,11-,12-,13+/m1/s1. The van der Waals surface area contributed by atoms with Crippen molar-refractivity contribution in [1.82, 2.24) is 0 Å². The van der Waals surface area contributed by atoms with Crippen LogP contribution in [0.15, 0.2) is 0 Å². The minimum Gasteiger partial charge on any atom is -0.408 e. The molecule has 0 unspecified atom stereocenters. The van der Waals surface area contributed by atoms with Gasteiger partial charge in [-0.1, -0.05) is 20.8 Å². The third-order valence-electron chi connectivity index (χ3n) is 4.99. The maximum atomic E-state index is 10.4. The lowest BCUT2D eigenvalue weighted by atomic mass is 9.87. The summed E-state index contributed by atoms with van der Waals surface area (Å²) in [4.78, 5) is 0. The molecule has 0 bridgehead atoms. The van der Waals surface area contributed by atoms with E-state index in [0.717, 1.165) is 0 Å². The molecule has 2 aliphatic rings. The van der Waals surface area contributed by atoms with Crippen molar-refractivity contribution in [2.75, 3.05) is 0 Å². The van der Waals surface area contributed by atoms with Crippen LogP contribution in [0.4, 0.5) is 0 Å². The van der Waals surface area contributed by atoms with E-state index in [1.807, 2.05) is 13.8 Å². The molecule has 2 N–H and O–H groups in total. The summed E-state index contributed by atoms with van der Waals surface area (Å²) in [5, 5.41) is 20.5. The highest BCUT2D eigenvalue weighted by Crippen LogP contribution is 2.43. The van der Waals surface area contributed by atoms with Gasteiger partial charge in [0.2, 0.25) is 0 Å². The molecule has 6 heteroatoms. The van der Waals surface area contributed by atoms with Crippen LogP contribution in [0.5, 0.6) is 0 Å². The lowest BCUT2D eigenvalue weighted by molar-refractivity contribution is -0.162. The largest absolute Gasteiger partial charge is 0.408 e. The summed E-state index contributed by atoms with van der Waals surface area (Å²) >= 11 is 0. The molecule has 0 spiro atoms. The second-order valence-corrected chi connectivity index (χ2v) is 13.0. The SMILES string of the molecule is CC1(C)O[C@H]2[C@@H](O[Si](C)(C)C(C)(C)C)[C@H](O)[C@H](O)C[C@H]2O1. The average Bonchev–Trinajstić information content (AvgIpc) is 2.57. The minimum atomic E-state index is -2.08. The molecule has 5 nitrogen and oxygen atoms in total. The molecular weight excluding hydrogens is 288 g/mol. The lowest BCUT2D eigenvalue weighted by Gasteiger charge is -2.45. The summed E-state index contributed by atoms with van der Waals surface area (Å²) in [6.45, 7) is 14.4. The molecule has 1 aliphatic heterocycles. The van der Waals surface area contributed by atoms with Gasteiger partial charge in [0.05, 0.1) is 12.2 Å². The van der Waals surface area contributed by atoms with Gasteiger partial charge in [-0.25, -0.2) is 0 Å². The maximum absolute atomic E-state index is 10.4. The van der Waals surface area contributed by atoms with Crippen LogP contribution >= 0.6 is 0 Å². The van der Waals surface area contributed by atoms with Gasteiger partial charge in [-0.3, -0.25) is 0 Å². The smallest absolute Gasteiger partial charge is 0.192 e. The van der Waals surface area contributed by atoms with Gasteiger partial charge in [-0.2, -0.15) is 0 Å². The van der Waals surface area contributed by atoms with Gasteiger partial charge in [-0.15, -0.1) is 0 Å². The normalized spacial score (nSPS) is 40.1. The van der Waals surface area contributed by atoms with Crippen LogP contribution in [0.3, 0.4) is 0 Å². The average molecular weight is 318 g/mol. The summed E-state index contributed by atoms with van der Waals surface area (Å²) in [5.74, 6) is -0.700. The number of hydrogen-bond acceptors (Lipinski definition) is 5. The molecule has 0 amide bonds. The Morgan fingerprint density at radius 3 is 2.24 bits per heavy atom. The molecule has 0 aromatic carbocycles. The first-order chi connectivity index (χ1) is 9.34. The molecule has 2 rings (SSSR count). The Morgan fingerprint density at radius 2 is 1.71 bits per heavy atom. The number of fused-ring (bicyclic) bond motifs is 1. The Bertz CT molecular complexity index is 390. The van der Waals surface area contributed by atoms with Gasteiger partial charge in [0.25, 0.3) is 0 Å². The van der Waals surface area contributed by atoms with E-state index >= 15 is 0 Å². The van der Waals surface area contributed by atoms with Gasteiger partial charge in [0, 0.05) is 6.42 Å². The quantitative estimate of drug-likeness (QED) is 0.763. The summed E-state index contributed by atoms with van der Waals surface area (Å²) in [6.07, 6.45) is -2.48. The van der Waals surface area contributed by atoms with E-state index < -0.39 is 32.4 Å². The van der Waals surface area contributed by atoms with Gasteiger partial charge in [0.1, 0.15) is 18.3 Å². The predicted octanol–water partition coefficient (Wildman–Crippen LogP) is 2.02. The Balaban J connectivity index is 2.23. The van der Waals surface area contributed by atoms with E-state index in [9.17, 15) is 10.2 Å². The summed E-state index contributed by atoms with van der Waals surface area (Å²) in [6, 6.07) is 0. The third-order valence-corrected chi connectivity index (χ3v) is 9.46. The second kappa shape index (κ2) is 5.28. The second-order valence-electron chi connectivity index (χ2n) is 8.28. The molecule has 5 atom stereocenters. The molecule has 1 saturated carbocycles. The third kappa shape index (κ3) is 3.35. The van der Waals surface area contributed by atoms with Crippen molar-refractivity contribution in [3.8, 4) is 0 Å². The van der Waals surface area contributed by atoms with Crippen molar-refractivity contribution >= 4 is 8.32 Å². The molecule has 1 heterocycles. The molecule has 1 aliphatic carbocycles. The van der Waals surface area contributed by atoms with E-state index in [4.69, 9.17) is 13.9 Å². The van der Waals surface area contributed by atoms with Gasteiger partial charge in [0.15, 0.2) is 14.1 Å². The van der Waals surface area contributed by atoms with E-state index in [2.05, 4.69) is 33.9 Å². The Labute approximate surface area is 128 Å². The van der Waals surface area contributed by atoms with Crippen molar-refractivity contribution in [2.24, 2.45) is 0 Å². The lowest BCUT2D eigenvalue weighted by Crippen LogP contribution is -2.60. The van der Waals surface area contributed by atoms with Crippen LogP contribution in [0.2, 0.25) is 18.1 Å². The van der Waals surface area contributed by atoms with Crippen LogP contribution in [0.25, 0.3) is 0 Å². The highest BCUT2D eigenvalue weighted by Gasteiger charge is 2.55. The van der Waals surface area contributed by atoms with E-state index in [0.29, 0.717) is 6.42 Å². The zero-order valence-electron chi connectivity index (χ0n) is 14.2. The van der Waals surface area contributed by atoms with Crippen molar-refractivity contribution in [1.29, 1.82) is 0 Å². The monoisotopic (exact) mass is 318 g/mol.